The minimum absolute atomic E-state index is 0.339. The molecule has 0 atom stereocenters. The highest BCUT2D eigenvalue weighted by atomic mass is 79.9. The van der Waals surface area contributed by atoms with Gasteiger partial charge in [0.15, 0.2) is 0 Å². The highest BCUT2D eigenvalue weighted by Crippen LogP contribution is 2.43. The number of rotatable bonds is 9. The van der Waals surface area contributed by atoms with Crippen LogP contribution < -0.4 is 14.4 Å². The van der Waals surface area contributed by atoms with Gasteiger partial charge in [0.05, 0.1) is 12.4 Å². The fraction of sp³-hybridized carbons (Fsp3) is 0.314. The summed E-state index contributed by atoms with van der Waals surface area (Å²) in [4.78, 5) is 32.4. The van der Waals surface area contributed by atoms with Gasteiger partial charge in [-0.2, -0.15) is 0 Å². The third kappa shape index (κ3) is 11.1. The van der Waals surface area contributed by atoms with E-state index in [-0.39, 0.29) is 0 Å². The Morgan fingerprint density at radius 1 is 0.810 bits per heavy atom. The van der Waals surface area contributed by atoms with Crippen LogP contribution in [-0.4, -0.2) is 69.1 Å². The summed E-state index contributed by atoms with van der Waals surface area (Å²) < 4.78 is 18.4. The Morgan fingerprint density at radius 3 is 2.08 bits per heavy atom. The molecular weight excluding hydrogens is 876 g/mol. The Morgan fingerprint density at radius 2 is 1.44 bits per heavy atom. The Hall–Kier alpha value is -5.62. The van der Waals surface area contributed by atoms with Crippen molar-refractivity contribution in [2.24, 2.45) is 5.41 Å². The molecule has 5 heterocycles. The van der Waals surface area contributed by atoms with E-state index in [1.165, 1.54) is 29.7 Å². The standard InChI is InChI=1S/C33H37ClN4O.C18H17BrN2O3/c1-23-4-9-28(19-31(23)39-29-18-25-11-13-35-32(25)36-21-29)38-16-14-37(15-17-38)22-26-10-12-33(2,3)20-30(26)24-5-7-27(34)8-6-24;1-18(2,3)24-17(22)14-5-4-12(19)9-15(14)23-13-8-11-6-7-20-16(11)21-10-13/h4-9,11,13,18-19,21H,10,12,14-17,20,22H2,1-3H3,(H,35,36);4-10H,1-3H3,(H,20,21). The van der Waals surface area contributed by atoms with Gasteiger partial charge in [-0.05, 0) is 130 Å². The molecule has 3 aromatic carbocycles. The van der Waals surface area contributed by atoms with Crippen molar-refractivity contribution in [3.8, 4) is 23.0 Å². The van der Waals surface area contributed by atoms with Crippen molar-refractivity contribution in [3.05, 3.63) is 141 Å². The van der Waals surface area contributed by atoms with E-state index in [0.717, 1.165) is 87.8 Å². The van der Waals surface area contributed by atoms with E-state index in [0.29, 0.717) is 22.5 Å². The number of hydrogen-bond donors (Lipinski definition) is 2. The summed E-state index contributed by atoms with van der Waals surface area (Å²) in [6.07, 6.45) is 10.7. The van der Waals surface area contributed by atoms with Crippen LogP contribution in [0.1, 0.15) is 75.4 Å². The molecule has 2 N–H and O–H groups in total. The summed E-state index contributed by atoms with van der Waals surface area (Å²) in [6, 6.07) is 28.0. The van der Waals surface area contributed by atoms with Gasteiger partial charge in [0.25, 0.3) is 0 Å². The quantitative estimate of drug-likeness (QED) is 0.138. The molecule has 2 aliphatic rings. The topological polar surface area (TPSA) is 109 Å². The summed E-state index contributed by atoms with van der Waals surface area (Å²) in [5.41, 5.74) is 8.57. The molecular formula is C51H54BrClN6O4. The first kappa shape index (κ1) is 44.0. The molecule has 63 heavy (non-hydrogen) atoms. The lowest BCUT2D eigenvalue weighted by Crippen LogP contribution is -2.47. The number of piperazine rings is 1. The molecule has 4 aromatic heterocycles. The Bertz CT molecular complexity index is 2760. The maximum atomic E-state index is 12.4. The van der Waals surface area contributed by atoms with Crippen LogP contribution in [0.4, 0.5) is 5.69 Å². The molecule has 326 valence electrons. The molecule has 0 spiro atoms. The Balaban J connectivity index is 0.000000194. The molecule has 12 heteroatoms. The van der Waals surface area contributed by atoms with Crippen molar-refractivity contribution in [3.63, 3.8) is 0 Å². The van der Waals surface area contributed by atoms with Gasteiger partial charge in [0.2, 0.25) is 0 Å². The van der Waals surface area contributed by atoms with Gasteiger partial charge >= 0.3 is 5.97 Å². The van der Waals surface area contributed by atoms with Gasteiger partial charge < -0.3 is 29.1 Å². The fourth-order valence-corrected chi connectivity index (χ4v) is 8.55. The number of carbonyl (C=O) groups excluding carboxylic acids is 1. The summed E-state index contributed by atoms with van der Waals surface area (Å²) in [5, 5.41) is 2.78. The van der Waals surface area contributed by atoms with Gasteiger partial charge in [0, 0.05) is 77.1 Å². The number of hydrogen-bond acceptors (Lipinski definition) is 8. The fourth-order valence-electron chi connectivity index (χ4n) is 8.08. The van der Waals surface area contributed by atoms with Crippen LogP contribution in [0.25, 0.3) is 27.6 Å². The number of aromatic amines is 2. The molecule has 0 bridgehead atoms. The van der Waals surface area contributed by atoms with Crippen LogP contribution in [0.15, 0.2) is 120 Å². The molecule has 0 amide bonds. The van der Waals surface area contributed by atoms with E-state index >= 15 is 0 Å². The monoisotopic (exact) mass is 928 g/mol. The van der Waals surface area contributed by atoms with Crippen molar-refractivity contribution in [1.82, 2.24) is 24.8 Å². The molecule has 7 aromatic rings. The van der Waals surface area contributed by atoms with E-state index in [9.17, 15) is 4.79 Å². The first-order valence-corrected chi connectivity index (χ1v) is 22.6. The number of H-pyrrole nitrogens is 2. The molecule has 0 radical (unpaired) electrons. The smallest absolute Gasteiger partial charge is 0.342 e. The maximum Gasteiger partial charge on any atom is 0.342 e. The van der Waals surface area contributed by atoms with E-state index in [1.807, 2.05) is 69.6 Å². The van der Waals surface area contributed by atoms with Crippen molar-refractivity contribution in [1.29, 1.82) is 0 Å². The summed E-state index contributed by atoms with van der Waals surface area (Å²) in [5.74, 6) is 2.17. The molecule has 1 fully saturated rings. The number of fused-ring (bicyclic) bond motifs is 2. The maximum absolute atomic E-state index is 12.4. The second-order valence-corrected chi connectivity index (χ2v) is 19.5. The number of aryl methyl sites for hydroxylation is 1. The minimum Gasteiger partial charge on any atom is -0.456 e. The zero-order valence-electron chi connectivity index (χ0n) is 36.7. The SMILES string of the molecule is CC(C)(C)OC(=O)c1ccc(Br)cc1Oc1cnc2[nH]ccc2c1.Cc1ccc(N2CCN(CC3=C(c4ccc(Cl)cc4)CC(C)(C)CC3)CC2)cc1Oc1cnc2[nH]ccc2c1. The normalized spacial score (nSPS) is 15.6. The highest BCUT2D eigenvalue weighted by molar-refractivity contribution is 9.10. The van der Waals surface area contributed by atoms with Crippen LogP contribution in [0.5, 0.6) is 23.0 Å². The number of esters is 1. The van der Waals surface area contributed by atoms with Crippen LogP contribution in [0.2, 0.25) is 5.02 Å². The van der Waals surface area contributed by atoms with Crippen LogP contribution >= 0.6 is 27.5 Å². The number of aromatic nitrogens is 4. The summed E-state index contributed by atoms with van der Waals surface area (Å²) in [7, 11) is 0. The largest absolute Gasteiger partial charge is 0.456 e. The number of allylic oxidation sites excluding steroid dienone is 1. The van der Waals surface area contributed by atoms with Crippen LogP contribution in [0.3, 0.4) is 0 Å². The number of nitrogens with one attached hydrogen (secondary N) is 2. The van der Waals surface area contributed by atoms with Crippen molar-refractivity contribution in [2.45, 2.75) is 66.4 Å². The van der Waals surface area contributed by atoms with Gasteiger partial charge in [-0.3, -0.25) is 4.90 Å². The van der Waals surface area contributed by atoms with Gasteiger partial charge in [0.1, 0.15) is 45.5 Å². The first-order valence-electron chi connectivity index (χ1n) is 21.4. The number of pyridine rings is 2. The van der Waals surface area contributed by atoms with E-state index in [2.05, 4.69) is 96.8 Å². The van der Waals surface area contributed by atoms with Crippen LogP contribution in [-0.2, 0) is 4.74 Å². The molecule has 9 rings (SSSR count). The second kappa shape index (κ2) is 18.6. The highest BCUT2D eigenvalue weighted by Gasteiger charge is 2.29. The first-order chi connectivity index (χ1) is 30.1. The minimum atomic E-state index is -0.576. The van der Waals surface area contributed by atoms with E-state index in [1.54, 1.807) is 36.2 Å². The lowest BCUT2D eigenvalue weighted by Gasteiger charge is -2.39. The number of anilines is 1. The average Bonchev–Trinajstić information content (AvgIpc) is 3.92. The average molecular weight is 930 g/mol. The summed E-state index contributed by atoms with van der Waals surface area (Å²) in [6.45, 7) is 17.5. The number of nitrogens with zero attached hydrogens (tertiary/aromatic N) is 4. The predicted octanol–water partition coefficient (Wildman–Crippen LogP) is 13.2. The van der Waals surface area contributed by atoms with Crippen molar-refractivity contribution < 1.29 is 19.0 Å². The molecule has 0 unspecified atom stereocenters. The number of ether oxygens (including phenoxy) is 3. The second-order valence-electron chi connectivity index (χ2n) is 18.2. The number of halogens is 2. The van der Waals surface area contributed by atoms with E-state index in [4.69, 9.17) is 25.8 Å². The molecule has 1 saturated heterocycles. The van der Waals surface area contributed by atoms with Crippen molar-refractivity contribution >= 4 is 66.8 Å². The lowest BCUT2D eigenvalue weighted by molar-refractivity contribution is 0.00671. The molecule has 0 saturated carbocycles. The van der Waals surface area contributed by atoms with Crippen LogP contribution in [0, 0.1) is 12.3 Å². The Labute approximate surface area is 382 Å². The Kier molecular flexibility index (Phi) is 13.0. The zero-order valence-corrected chi connectivity index (χ0v) is 39.1. The number of benzene rings is 3. The molecule has 1 aliphatic heterocycles. The van der Waals surface area contributed by atoms with Gasteiger partial charge in [-0.25, -0.2) is 14.8 Å². The number of carbonyl (C=O) groups is 1. The lowest BCUT2D eigenvalue weighted by atomic mass is 9.72. The summed E-state index contributed by atoms with van der Waals surface area (Å²) >= 11 is 9.60. The zero-order chi connectivity index (χ0) is 44.3. The van der Waals surface area contributed by atoms with Crippen molar-refractivity contribution in [2.75, 3.05) is 37.6 Å². The molecule has 10 nitrogen and oxygen atoms in total. The van der Waals surface area contributed by atoms with Gasteiger partial charge in [-0.15, -0.1) is 0 Å². The predicted molar refractivity (Wildman–Crippen MR) is 257 cm³/mol. The molecule has 1 aliphatic carbocycles. The third-order valence-electron chi connectivity index (χ3n) is 11.5. The third-order valence-corrected chi connectivity index (χ3v) is 12.2. The van der Waals surface area contributed by atoms with E-state index < -0.39 is 11.6 Å². The van der Waals surface area contributed by atoms with Gasteiger partial charge in [-0.1, -0.05) is 65.2 Å².